The Kier molecular flexibility index (Phi) is 1.77. The van der Waals surface area contributed by atoms with Crippen LogP contribution in [0.1, 0.15) is 36.6 Å². The number of halogens is 1. The maximum Gasteiger partial charge on any atom is 0.205 e. The molecule has 3 rings (SSSR count). The lowest BCUT2D eigenvalue weighted by molar-refractivity contribution is 0.326. The standard InChI is InChI=1S/C9H12FN3S/c10-9(3-4-9)5-11-8-13-12-7(14-8)6-1-2-6/h6H,1-5H2,(H,11,13). The van der Waals surface area contributed by atoms with Crippen LogP contribution in [0, 0.1) is 0 Å². The van der Waals surface area contributed by atoms with Gasteiger partial charge in [0, 0.05) is 5.92 Å². The zero-order chi connectivity index (χ0) is 9.60. The van der Waals surface area contributed by atoms with E-state index >= 15 is 0 Å². The first-order chi connectivity index (χ1) is 6.75. The third kappa shape index (κ3) is 1.73. The maximum atomic E-state index is 13.3. The molecular formula is C9H12FN3S. The van der Waals surface area contributed by atoms with Gasteiger partial charge in [-0.2, -0.15) is 0 Å². The molecule has 0 atom stereocenters. The molecule has 2 saturated carbocycles. The van der Waals surface area contributed by atoms with Crippen molar-refractivity contribution in [1.29, 1.82) is 0 Å². The van der Waals surface area contributed by atoms with Gasteiger partial charge in [0.25, 0.3) is 0 Å². The Bertz CT molecular complexity index is 344. The van der Waals surface area contributed by atoms with Crippen molar-refractivity contribution in [1.82, 2.24) is 10.2 Å². The summed E-state index contributed by atoms with van der Waals surface area (Å²) in [6.07, 6.45) is 3.85. The predicted octanol–water partition coefficient (Wildman–Crippen LogP) is 2.33. The van der Waals surface area contributed by atoms with Crippen molar-refractivity contribution in [3.8, 4) is 0 Å². The number of nitrogens with one attached hydrogen (secondary N) is 1. The summed E-state index contributed by atoms with van der Waals surface area (Å²) in [5.41, 5.74) is -0.953. The van der Waals surface area contributed by atoms with Crippen LogP contribution in [0.2, 0.25) is 0 Å². The molecule has 1 aromatic heterocycles. The van der Waals surface area contributed by atoms with Gasteiger partial charge in [0.1, 0.15) is 10.7 Å². The Hall–Kier alpha value is -0.710. The summed E-state index contributed by atoms with van der Waals surface area (Å²) in [7, 11) is 0. The number of aromatic nitrogens is 2. The third-order valence-corrected chi connectivity index (χ3v) is 3.76. The van der Waals surface area contributed by atoms with Crippen molar-refractivity contribution in [2.75, 3.05) is 11.9 Å². The molecule has 0 unspecified atom stereocenters. The van der Waals surface area contributed by atoms with Gasteiger partial charge >= 0.3 is 0 Å². The van der Waals surface area contributed by atoms with Crippen molar-refractivity contribution in [3.63, 3.8) is 0 Å². The Morgan fingerprint density at radius 3 is 2.86 bits per heavy atom. The molecule has 0 aliphatic heterocycles. The second kappa shape index (κ2) is 2.89. The second-order valence-corrected chi connectivity index (χ2v) is 5.23. The van der Waals surface area contributed by atoms with E-state index in [-0.39, 0.29) is 0 Å². The van der Waals surface area contributed by atoms with E-state index < -0.39 is 5.67 Å². The van der Waals surface area contributed by atoms with Crippen molar-refractivity contribution < 1.29 is 4.39 Å². The second-order valence-electron chi connectivity index (χ2n) is 4.22. The van der Waals surface area contributed by atoms with Crippen molar-refractivity contribution in [2.45, 2.75) is 37.3 Å². The SMILES string of the molecule is FC1(CNc2nnc(C3CC3)s2)CC1. The Labute approximate surface area is 85.7 Å². The topological polar surface area (TPSA) is 37.8 Å². The summed E-state index contributed by atoms with van der Waals surface area (Å²) in [4.78, 5) is 0. The molecule has 14 heavy (non-hydrogen) atoms. The molecular weight excluding hydrogens is 201 g/mol. The molecule has 2 aliphatic rings. The molecule has 0 amide bonds. The van der Waals surface area contributed by atoms with Crippen LogP contribution in [-0.2, 0) is 0 Å². The van der Waals surface area contributed by atoms with E-state index in [1.165, 1.54) is 12.8 Å². The molecule has 3 nitrogen and oxygen atoms in total. The van der Waals surface area contributed by atoms with Crippen LogP contribution in [0.15, 0.2) is 0 Å². The molecule has 0 radical (unpaired) electrons. The first kappa shape index (κ1) is 8.59. The summed E-state index contributed by atoms with van der Waals surface area (Å²) in [5, 5.41) is 13.0. The highest BCUT2D eigenvalue weighted by atomic mass is 32.1. The smallest absolute Gasteiger partial charge is 0.205 e. The van der Waals surface area contributed by atoms with Crippen LogP contribution in [0.25, 0.3) is 0 Å². The molecule has 5 heteroatoms. The molecule has 1 aromatic rings. The Morgan fingerprint density at radius 1 is 1.43 bits per heavy atom. The molecule has 0 spiro atoms. The third-order valence-electron chi connectivity index (χ3n) is 2.72. The fourth-order valence-electron chi connectivity index (χ4n) is 1.35. The normalized spacial score (nSPS) is 23.5. The molecule has 1 heterocycles. The van der Waals surface area contributed by atoms with E-state index in [9.17, 15) is 4.39 Å². The quantitative estimate of drug-likeness (QED) is 0.834. The van der Waals surface area contributed by atoms with Crippen LogP contribution in [0.3, 0.4) is 0 Å². The van der Waals surface area contributed by atoms with Crippen LogP contribution in [-0.4, -0.2) is 22.4 Å². The highest BCUT2D eigenvalue weighted by Crippen LogP contribution is 2.43. The molecule has 0 saturated heterocycles. The van der Waals surface area contributed by atoms with Crippen LogP contribution in [0.4, 0.5) is 9.52 Å². The molecule has 0 bridgehead atoms. The van der Waals surface area contributed by atoms with Gasteiger partial charge in [0.15, 0.2) is 0 Å². The minimum atomic E-state index is -0.953. The number of rotatable bonds is 4. The zero-order valence-electron chi connectivity index (χ0n) is 7.79. The van der Waals surface area contributed by atoms with Crippen LogP contribution >= 0.6 is 11.3 Å². The summed E-state index contributed by atoms with van der Waals surface area (Å²) >= 11 is 1.57. The lowest BCUT2D eigenvalue weighted by Crippen LogP contribution is -2.15. The highest BCUT2D eigenvalue weighted by Gasteiger charge is 2.43. The maximum absolute atomic E-state index is 13.3. The minimum Gasteiger partial charge on any atom is -0.357 e. The van der Waals surface area contributed by atoms with Gasteiger partial charge in [0.05, 0.1) is 6.54 Å². The van der Waals surface area contributed by atoms with Gasteiger partial charge in [-0.05, 0) is 25.7 Å². The molecule has 76 valence electrons. The molecule has 2 aliphatic carbocycles. The van der Waals surface area contributed by atoms with Crippen molar-refractivity contribution in [3.05, 3.63) is 5.01 Å². The molecule has 0 aromatic carbocycles. The molecule has 1 N–H and O–H groups in total. The van der Waals surface area contributed by atoms with Gasteiger partial charge in [0.2, 0.25) is 5.13 Å². The zero-order valence-corrected chi connectivity index (χ0v) is 8.61. The van der Waals surface area contributed by atoms with Gasteiger partial charge in [-0.15, -0.1) is 10.2 Å². The predicted molar refractivity (Wildman–Crippen MR) is 53.4 cm³/mol. The van der Waals surface area contributed by atoms with E-state index in [0.717, 1.165) is 10.1 Å². The van der Waals surface area contributed by atoms with E-state index in [1.807, 2.05) is 0 Å². The van der Waals surface area contributed by atoms with Crippen LogP contribution < -0.4 is 5.32 Å². The molecule has 2 fully saturated rings. The number of hydrogen-bond donors (Lipinski definition) is 1. The fraction of sp³-hybridized carbons (Fsp3) is 0.778. The monoisotopic (exact) mass is 213 g/mol. The average molecular weight is 213 g/mol. The van der Waals surface area contributed by atoms with E-state index in [1.54, 1.807) is 11.3 Å². The first-order valence-electron chi connectivity index (χ1n) is 5.01. The number of hydrogen-bond acceptors (Lipinski definition) is 4. The first-order valence-corrected chi connectivity index (χ1v) is 5.83. The van der Waals surface area contributed by atoms with Gasteiger partial charge in [-0.25, -0.2) is 4.39 Å². The summed E-state index contributed by atoms with van der Waals surface area (Å²) in [6, 6.07) is 0. The summed E-state index contributed by atoms with van der Waals surface area (Å²) in [5.74, 6) is 0.642. The largest absolute Gasteiger partial charge is 0.357 e. The Balaban J connectivity index is 1.59. The summed E-state index contributed by atoms with van der Waals surface area (Å²) < 4.78 is 13.3. The average Bonchev–Trinajstić information content (AvgIpc) is 3.08. The van der Waals surface area contributed by atoms with E-state index in [0.29, 0.717) is 25.3 Å². The fourth-order valence-corrected chi connectivity index (χ4v) is 2.26. The van der Waals surface area contributed by atoms with Crippen LogP contribution in [0.5, 0.6) is 0 Å². The Morgan fingerprint density at radius 2 is 2.21 bits per heavy atom. The number of anilines is 1. The van der Waals surface area contributed by atoms with E-state index in [2.05, 4.69) is 15.5 Å². The number of nitrogens with zero attached hydrogens (tertiary/aromatic N) is 2. The lowest BCUT2D eigenvalue weighted by atomic mass is 10.4. The minimum absolute atomic E-state index is 0.395. The van der Waals surface area contributed by atoms with Crippen molar-refractivity contribution in [2.24, 2.45) is 0 Å². The van der Waals surface area contributed by atoms with Gasteiger partial charge < -0.3 is 5.32 Å². The highest BCUT2D eigenvalue weighted by molar-refractivity contribution is 7.15. The van der Waals surface area contributed by atoms with E-state index in [4.69, 9.17) is 0 Å². The number of alkyl halides is 1. The van der Waals surface area contributed by atoms with Gasteiger partial charge in [-0.3, -0.25) is 0 Å². The summed E-state index contributed by atoms with van der Waals surface area (Å²) in [6.45, 7) is 0.395. The lowest BCUT2D eigenvalue weighted by Gasteiger charge is -2.03. The van der Waals surface area contributed by atoms with Gasteiger partial charge in [-0.1, -0.05) is 11.3 Å². The van der Waals surface area contributed by atoms with Crippen molar-refractivity contribution >= 4 is 16.5 Å².